The van der Waals surface area contributed by atoms with E-state index in [9.17, 15) is 14.4 Å². The van der Waals surface area contributed by atoms with Gasteiger partial charge in [-0.25, -0.2) is 0 Å². The van der Waals surface area contributed by atoms with Crippen molar-refractivity contribution in [2.75, 3.05) is 31.5 Å². The fraction of sp³-hybridized carbons (Fsp3) is 0.318. The summed E-state index contributed by atoms with van der Waals surface area (Å²) in [5, 5.41) is 2.92. The first-order valence-corrected chi connectivity index (χ1v) is 9.38. The average Bonchev–Trinajstić information content (AvgIpc) is 2.70. The van der Waals surface area contributed by atoms with Crippen LogP contribution < -0.4 is 5.32 Å². The van der Waals surface area contributed by atoms with Gasteiger partial charge in [0.1, 0.15) is 0 Å². The summed E-state index contributed by atoms with van der Waals surface area (Å²) in [5.74, 6) is -0.251. The number of nitrogens with one attached hydrogen (secondary N) is 1. The minimum Gasteiger partial charge on any atom is -0.339 e. The summed E-state index contributed by atoms with van der Waals surface area (Å²) in [5.41, 5.74) is 3.90. The molecule has 3 rings (SSSR count). The minimum absolute atomic E-state index is 0.0336. The van der Waals surface area contributed by atoms with E-state index in [-0.39, 0.29) is 17.7 Å². The molecule has 0 aliphatic carbocycles. The van der Waals surface area contributed by atoms with Crippen molar-refractivity contribution in [1.82, 2.24) is 9.80 Å². The van der Waals surface area contributed by atoms with E-state index >= 15 is 0 Å². The van der Waals surface area contributed by atoms with E-state index < -0.39 is 0 Å². The molecule has 0 unspecified atom stereocenters. The number of benzene rings is 2. The molecule has 0 saturated carbocycles. The van der Waals surface area contributed by atoms with Crippen molar-refractivity contribution in [2.45, 2.75) is 20.8 Å². The van der Waals surface area contributed by atoms with E-state index in [4.69, 9.17) is 0 Å². The van der Waals surface area contributed by atoms with E-state index in [2.05, 4.69) is 5.32 Å². The molecule has 6 heteroatoms. The van der Waals surface area contributed by atoms with E-state index in [1.54, 1.807) is 41.0 Å². The summed E-state index contributed by atoms with van der Waals surface area (Å²) in [4.78, 5) is 40.1. The van der Waals surface area contributed by atoms with Crippen molar-refractivity contribution >= 4 is 23.4 Å². The fourth-order valence-corrected chi connectivity index (χ4v) is 3.24. The second-order valence-corrected chi connectivity index (χ2v) is 7.15. The van der Waals surface area contributed by atoms with E-state index in [1.807, 2.05) is 32.0 Å². The van der Waals surface area contributed by atoms with Gasteiger partial charge in [0.25, 0.3) is 11.8 Å². The van der Waals surface area contributed by atoms with Crippen LogP contribution in [0.25, 0.3) is 0 Å². The maximum atomic E-state index is 12.7. The van der Waals surface area contributed by atoms with Crippen LogP contribution in [0.3, 0.4) is 0 Å². The van der Waals surface area contributed by atoms with Crippen molar-refractivity contribution in [1.29, 1.82) is 0 Å². The number of anilines is 1. The van der Waals surface area contributed by atoms with Crippen LogP contribution in [0, 0.1) is 13.8 Å². The van der Waals surface area contributed by atoms with Gasteiger partial charge in [0.05, 0.1) is 0 Å². The standard InChI is InChI=1S/C22H25N3O3/c1-15-4-5-16(2)20(14-15)23-21(27)18-6-8-19(9-7-18)22(28)25-12-10-24(11-13-25)17(3)26/h4-9,14H,10-13H2,1-3H3,(H,23,27). The molecule has 0 atom stereocenters. The average molecular weight is 379 g/mol. The van der Waals surface area contributed by atoms with Gasteiger partial charge < -0.3 is 15.1 Å². The van der Waals surface area contributed by atoms with Gasteiger partial charge >= 0.3 is 0 Å². The first-order valence-electron chi connectivity index (χ1n) is 9.38. The number of aryl methyl sites for hydroxylation is 2. The summed E-state index contributed by atoms with van der Waals surface area (Å²) >= 11 is 0. The van der Waals surface area contributed by atoms with Crippen molar-refractivity contribution in [3.05, 3.63) is 64.7 Å². The van der Waals surface area contributed by atoms with Crippen molar-refractivity contribution in [3.8, 4) is 0 Å². The highest BCUT2D eigenvalue weighted by atomic mass is 16.2. The van der Waals surface area contributed by atoms with Crippen LogP contribution in [-0.4, -0.2) is 53.7 Å². The smallest absolute Gasteiger partial charge is 0.255 e. The van der Waals surface area contributed by atoms with Crippen LogP contribution >= 0.6 is 0 Å². The highest BCUT2D eigenvalue weighted by molar-refractivity contribution is 6.05. The SMILES string of the molecule is CC(=O)N1CCN(C(=O)c2ccc(C(=O)Nc3cc(C)ccc3C)cc2)CC1. The second-order valence-electron chi connectivity index (χ2n) is 7.15. The van der Waals surface area contributed by atoms with E-state index in [0.717, 1.165) is 16.8 Å². The van der Waals surface area contributed by atoms with Crippen LogP contribution in [0.4, 0.5) is 5.69 Å². The van der Waals surface area contributed by atoms with Crippen molar-refractivity contribution in [3.63, 3.8) is 0 Å². The Balaban J connectivity index is 1.64. The molecule has 146 valence electrons. The van der Waals surface area contributed by atoms with Gasteiger partial charge in [0.2, 0.25) is 5.91 Å². The normalized spacial score (nSPS) is 14.0. The molecule has 0 aromatic heterocycles. The largest absolute Gasteiger partial charge is 0.339 e. The lowest BCUT2D eigenvalue weighted by molar-refractivity contribution is -0.130. The van der Waals surface area contributed by atoms with Crippen LogP contribution in [0.15, 0.2) is 42.5 Å². The molecular formula is C22H25N3O3. The molecule has 3 amide bonds. The van der Waals surface area contributed by atoms with Gasteiger partial charge in [-0.15, -0.1) is 0 Å². The first-order chi connectivity index (χ1) is 13.3. The molecule has 1 aliphatic rings. The number of rotatable bonds is 3. The van der Waals surface area contributed by atoms with Crippen LogP contribution in [-0.2, 0) is 4.79 Å². The van der Waals surface area contributed by atoms with Crippen molar-refractivity contribution < 1.29 is 14.4 Å². The van der Waals surface area contributed by atoms with E-state index in [1.165, 1.54) is 0 Å². The molecule has 0 bridgehead atoms. The monoisotopic (exact) mass is 379 g/mol. The molecule has 2 aromatic carbocycles. The number of hydrogen-bond donors (Lipinski definition) is 1. The predicted octanol–water partition coefficient (Wildman–Crippen LogP) is 2.86. The fourth-order valence-electron chi connectivity index (χ4n) is 3.24. The van der Waals surface area contributed by atoms with Gasteiger partial charge in [-0.1, -0.05) is 12.1 Å². The Kier molecular flexibility index (Phi) is 5.78. The minimum atomic E-state index is -0.206. The maximum absolute atomic E-state index is 12.7. The highest BCUT2D eigenvalue weighted by Crippen LogP contribution is 2.18. The van der Waals surface area contributed by atoms with Gasteiger partial charge in [0.15, 0.2) is 0 Å². The predicted molar refractivity (Wildman–Crippen MR) is 108 cm³/mol. The maximum Gasteiger partial charge on any atom is 0.255 e. The Labute approximate surface area is 165 Å². The highest BCUT2D eigenvalue weighted by Gasteiger charge is 2.23. The summed E-state index contributed by atoms with van der Waals surface area (Å²) in [6.07, 6.45) is 0. The van der Waals surface area contributed by atoms with Gasteiger partial charge in [-0.05, 0) is 55.3 Å². The Bertz CT molecular complexity index is 898. The third-order valence-electron chi connectivity index (χ3n) is 5.05. The van der Waals surface area contributed by atoms with E-state index in [0.29, 0.717) is 37.3 Å². The molecule has 1 fully saturated rings. The number of piperazine rings is 1. The molecule has 1 N–H and O–H groups in total. The molecule has 0 radical (unpaired) electrons. The Hall–Kier alpha value is -3.15. The zero-order chi connectivity index (χ0) is 20.3. The number of carbonyl (C=O) groups excluding carboxylic acids is 3. The molecule has 28 heavy (non-hydrogen) atoms. The first kappa shape index (κ1) is 19.6. The summed E-state index contributed by atoms with van der Waals surface area (Å²) in [6, 6.07) is 12.6. The summed E-state index contributed by atoms with van der Waals surface area (Å²) in [7, 11) is 0. The van der Waals surface area contributed by atoms with Gasteiger partial charge in [0, 0.05) is 49.9 Å². The molecule has 1 aliphatic heterocycles. The van der Waals surface area contributed by atoms with Crippen molar-refractivity contribution in [2.24, 2.45) is 0 Å². The lowest BCUT2D eigenvalue weighted by Gasteiger charge is -2.34. The van der Waals surface area contributed by atoms with Crippen LogP contribution in [0.2, 0.25) is 0 Å². The third kappa shape index (κ3) is 4.39. The van der Waals surface area contributed by atoms with Crippen LogP contribution in [0.1, 0.15) is 38.8 Å². The molecule has 2 aromatic rings. The molecule has 0 spiro atoms. The Morgan fingerprint density at radius 1 is 0.821 bits per heavy atom. The Morgan fingerprint density at radius 2 is 1.39 bits per heavy atom. The number of carbonyl (C=O) groups is 3. The van der Waals surface area contributed by atoms with Gasteiger partial charge in [-0.3, -0.25) is 14.4 Å². The molecular weight excluding hydrogens is 354 g/mol. The summed E-state index contributed by atoms with van der Waals surface area (Å²) < 4.78 is 0. The van der Waals surface area contributed by atoms with Gasteiger partial charge in [-0.2, -0.15) is 0 Å². The Morgan fingerprint density at radius 3 is 2.00 bits per heavy atom. The zero-order valence-corrected chi connectivity index (χ0v) is 16.5. The summed E-state index contributed by atoms with van der Waals surface area (Å²) in [6.45, 7) is 7.61. The number of hydrogen-bond acceptors (Lipinski definition) is 3. The lowest BCUT2D eigenvalue weighted by Crippen LogP contribution is -2.50. The second kappa shape index (κ2) is 8.25. The molecule has 1 heterocycles. The topological polar surface area (TPSA) is 69.7 Å². The number of nitrogens with zero attached hydrogens (tertiary/aromatic N) is 2. The lowest BCUT2D eigenvalue weighted by atomic mass is 10.1. The molecule has 6 nitrogen and oxygen atoms in total. The molecule has 1 saturated heterocycles. The quantitative estimate of drug-likeness (QED) is 0.892. The van der Waals surface area contributed by atoms with Crippen LogP contribution in [0.5, 0.6) is 0 Å². The number of amides is 3. The zero-order valence-electron chi connectivity index (χ0n) is 16.5. The third-order valence-corrected chi connectivity index (χ3v) is 5.05.